The highest BCUT2D eigenvalue weighted by Crippen LogP contribution is 2.22. The molecule has 1 aromatic carbocycles. The van der Waals surface area contributed by atoms with E-state index in [4.69, 9.17) is 5.73 Å². The van der Waals surface area contributed by atoms with Crippen molar-refractivity contribution >= 4 is 17.2 Å². The number of nitrogens with two attached hydrogens (primary N) is 1. The highest BCUT2D eigenvalue weighted by atomic mass is 32.1. The van der Waals surface area contributed by atoms with Crippen molar-refractivity contribution in [1.82, 2.24) is 9.88 Å². The predicted octanol–water partition coefficient (Wildman–Crippen LogP) is 2.75. The molecule has 21 heavy (non-hydrogen) atoms. The van der Waals surface area contributed by atoms with E-state index >= 15 is 0 Å². The van der Waals surface area contributed by atoms with Crippen LogP contribution in [0.4, 0.5) is 0 Å². The number of amides is 1. The second-order valence-electron chi connectivity index (χ2n) is 5.46. The third-order valence-electron chi connectivity index (χ3n) is 3.77. The van der Waals surface area contributed by atoms with Gasteiger partial charge in [0, 0.05) is 18.5 Å². The number of rotatable bonds is 2. The molecular formula is C16H19N3OS. The zero-order valence-electron chi connectivity index (χ0n) is 12.1. The summed E-state index contributed by atoms with van der Waals surface area (Å²) >= 11 is 1.46. The molecule has 0 bridgehead atoms. The summed E-state index contributed by atoms with van der Waals surface area (Å²) in [5.74, 6) is 0.00912. The van der Waals surface area contributed by atoms with E-state index in [1.54, 1.807) is 0 Å². The lowest BCUT2D eigenvalue weighted by Crippen LogP contribution is -2.31. The Labute approximate surface area is 128 Å². The third kappa shape index (κ3) is 2.99. The van der Waals surface area contributed by atoms with Crippen molar-refractivity contribution in [3.8, 4) is 0 Å². The Morgan fingerprint density at radius 3 is 2.86 bits per heavy atom. The van der Waals surface area contributed by atoms with Crippen LogP contribution in [-0.2, 0) is 13.0 Å². The number of fused-ring (bicyclic) bond motifs is 1. The van der Waals surface area contributed by atoms with Gasteiger partial charge >= 0.3 is 0 Å². The monoisotopic (exact) mass is 301 g/mol. The van der Waals surface area contributed by atoms with E-state index in [2.05, 4.69) is 23.2 Å². The molecule has 1 unspecified atom stereocenters. The maximum Gasteiger partial charge on any atom is 0.273 e. The van der Waals surface area contributed by atoms with Gasteiger partial charge in [-0.3, -0.25) is 4.79 Å². The summed E-state index contributed by atoms with van der Waals surface area (Å²) in [6.45, 7) is 3.33. The van der Waals surface area contributed by atoms with Crippen molar-refractivity contribution in [1.29, 1.82) is 0 Å². The number of nitrogens with zero attached hydrogens (tertiary/aromatic N) is 2. The molecule has 1 atom stereocenters. The number of hydrogen-bond acceptors (Lipinski definition) is 4. The quantitative estimate of drug-likeness (QED) is 0.928. The number of carbonyl (C=O) groups excluding carboxylic acids is 1. The Balaban J connectivity index is 1.81. The highest BCUT2D eigenvalue weighted by molar-refractivity contribution is 7.09. The first kappa shape index (κ1) is 14.2. The summed E-state index contributed by atoms with van der Waals surface area (Å²) in [7, 11) is 0. The Morgan fingerprint density at radius 2 is 2.14 bits per heavy atom. The van der Waals surface area contributed by atoms with Crippen LogP contribution < -0.4 is 5.73 Å². The van der Waals surface area contributed by atoms with Gasteiger partial charge in [0.25, 0.3) is 5.91 Å². The standard InChI is InChI=1S/C16H19N3OS/c1-11(17)15-18-14(10-21-15)16(20)19-8-4-7-12-5-2-3-6-13(12)9-19/h2-3,5-6,10-11H,4,7-9,17H2,1H3. The van der Waals surface area contributed by atoms with E-state index in [-0.39, 0.29) is 11.9 Å². The van der Waals surface area contributed by atoms with Crippen LogP contribution in [0.1, 0.15) is 46.0 Å². The molecule has 2 heterocycles. The molecule has 1 aliphatic rings. The van der Waals surface area contributed by atoms with E-state index in [9.17, 15) is 4.79 Å². The van der Waals surface area contributed by atoms with E-state index in [0.29, 0.717) is 12.2 Å². The van der Waals surface area contributed by atoms with E-state index in [1.807, 2.05) is 23.3 Å². The number of hydrogen-bond donors (Lipinski definition) is 1. The third-order valence-corrected chi connectivity index (χ3v) is 4.82. The van der Waals surface area contributed by atoms with E-state index < -0.39 is 0 Å². The molecule has 0 radical (unpaired) electrons. The molecule has 1 aromatic heterocycles. The molecule has 4 nitrogen and oxygen atoms in total. The van der Waals surface area contributed by atoms with Crippen molar-refractivity contribution < 1.29 is 4.79 Å². The Hall–Kier alpha value is -1.72. The van der Waals surface area contributed by atoms with Crippen molar-refractivity contribution in [2.24, 2.45) is 5.73 Å². The summed E-state index contributed by atoms with van der Waals surface area (Å²) in [4.78, 5) is 18.9. The lowest BCUT2D eigenvalue weighted by molar-refractivity contribution is 0.0740. The Kier molecular flexibility index (Phi) is 4.03. The van der Waals surface area contributed by atoms with Crippen LogP contribution in [-0.4, -0.2) is 22.3 Å². The van der Waals surface area contributed by atoms with Crippen LogP contribution >= 0.6 is 11.3 Å². The Bertz CT molecular complexity index is 650. The van der Waals surface area contributed by atoms with Gasteiger partial charge < -0.3 is 10.6 Å². The lowest BCUT2D eigenvalue weighted by atomic mass is 10.0. The fraction of sp³-hybridized carbons (Fsp3) is 0.375. The maximum absolute atomic E-state index is 12.6. The van der Waals surface area contributed by atoms with Gasteiger partial charge in [0.05, 0.1) is 6.04 Å². The number of aryl methyl sites for hydroxylation is 1. The SMILES string of the molecule is CC(N)c1nc(C(=O)N2CCCc3ccccc3C2)cs1. The minimum Gasteiger partial charge on any atom is -0.333 e. The molecule has 0 saturated heterocycles. The maximum atomic E-state index is 12.6. The zero-order chi connectivity index (χ0) is 14.8. The zero-order valence-corrected chi connectivity index (χ0v) is 12.9. The van der Waals surface area contributed by atoms with Crippen LogP contribution in [0.25, 0.3) is 0 Å². The summed E-state index contributed by atoms with van der Waals surface area (Å²) in [5, 5.41) is 2.63. The first-order chi connectivity index (χ1) is 10.1. The van der Waals surface area contributed by atoms with Crippen molar-refractivity contribution in [2.45, 2.75) is 32.4 Å². The first-order valence-electron chi connectivity index (χ1n) is 7.22. The number of benzene rings is 1. The molecule has 0 saturated carbocycles. The van der Waals surface area contributed by atoms with Gasteiger partial charge in [-0.1, -0.05) is 24.3 Å². The second kappa shape index (κ2) is 5.95. The van der Waals surface area contributed by atoms with Crippen LogP contribution in [0.2, 0.25) is 0 Å². The minimum atomic E-state index is -0.124. The van der Waals surface area contributed by atoms with Gasteiger partial charge in [-0.15, -0.1) is 11.3 Å². The molecule has 1 aliphatic heterocycles. The van der Waals surface area contributed by atoms with Gasteiger partial charge in [0.15, 0.2) is 0 Å². The summed E-state index contributed by atoms with van der Waals surface area (Å²) in [6.07, 6.45) is 2.02. The molecule has 2 aromatic rings. The van der Waals surface area contributed by atoms with Crippen LogP contribution in [0.15, 0.2) is 29.6 Å². The molecule has 110 valence electrons. The topological polar surface area (TPSA) is 59.2 Å². The van der Waals surface area contributed by atoms with Gasteiger partial charge in [-0.05, 0) is 30.9 Å². The van der Waals surface area contributed by atoms with E-state index in [1.165, 1.54) is 22.5 Å². The Morgan fingerprint density at radius 1 is 1.38 bits per heavy atom. The highest BCUT2D eigenvalue weighted by Gasteiger charge is 2.22. The summed E-state index contributed by atoms with van der Waals surface area (Å²) in [5.41, 5.74) is 8.93. The normalized spacial score (nSPS) is 16.2. The summed E-state index contributed by atoms with van der Waals surface area (Å²) in [6, 6.07) is 8.23. The number of thiazole rings is 1. The van der Waals surface area contributed by atoms with E-state index in [0.717, 1.165) is 24.4 Å². The largest absolute Gasteiger partial charge is 0.333 e. The van der Waals surface area contributed by atoms with Gasteiger partial charge in [0.2, 0.25) is 0 Å². The van der Waals surface area contributed by atoms with Gasteiger partial charge in [-0.25, -0.2) is 4.98 Å². The minimum absolute atomic E-state index is 0.00912. The fourth-order valence-electron chi connectivity index (χ4n) is 2.63. The molecule has 5 heteroatoms. The van der Waals surface area contributed by atoms with Crippen molar-refractivity contribution in [2.75, 3.05) is 6.54 Å². The molecule has 0 fully saturated rings. The summed E-state index contributed by atoms with van der Waals surface area (Å²) < 4.78 is 0. The van der Waals surface area contributed by atoms with Crippen molar-refractivity contribution in [3.63, 3.8) is 0 Å². The predicted molar refractivity (Wildman–Crippen MR) is 84.2 cm³/mol. The first-order valence-corrected chi connectivity index (χ1v) is 8.10. The lowest BCUT2D eigenvalue weighted by Gasteiger charge is -2.19. The van der Waals surface area contributed by atoms with Crippen LogP contribution in [0.5, 0.6) is 0 Å². The van der Waals surface area contributed by atoms with Crippen molar-refractivity contribution in [3.05, 3.63) is 51.5 Å². The van der Waals surface area contributed by atoms with Gasteiger partial charge in [0.1, 0.15) is 10.7 Å². The van der Waals surface area contributed by atoms with Crippen LogP contribution in [0.3, 0.4) is 0 Å². The fourth-order valence-corrected chi connectivity index (χ4v) is 3.38. The average molecular weight is 301 g/mol. The molecule has 2 N–H and O–H groups in total. The average Bonchev–Trinajstić information content (AvgIpc) is 2.87. The van der Waals surface area contributed by atoms with Crippen LogP contribution in [0, 0.1) is 0 Å². The molecular weight excluding hydrogens is 282 g/mol. The molecule has 0 aliphatic carbocycles. The second-order valence-corrected chi connectivity index (χ2v) is 6.35. The molecule has 0 spiro atoms. The molecule has 3 rings (SSSR count). The molecule has 1 amide bonds. The number of carbonyl (C=O) groups is 1. The smallest absolute Gasteiger partial charge is 0.273 e. The van der Waals surface area contributed by atoms with Gasteiger partial charge in [-0.2, -0.15) is 0 Å². The number of aromatic nitrogens is 1.